The molecule has 2 aromatic rings. The Hall–Kier alpha value is -3.32. The summed E-state index contributed by atoms with van der Waals surface area (Å²) in [7, 11) is 0. The van der Waals surface area contributed by atoms with Crippen LogP contribution < -0.4 is 5.32 Å². The summed E-state index contributed by atoms with van der Waals surface area (Å²) in [5.41, 5.74) is -0.124. The summed E-state index contributed by atoms with van der Waals surface area (Å²) in [4.78, 5) is 14.8. The monoisotopic (exact) mass is 535 g/mol. The lowest BCUT2D eigenvalue weighted by Crippen LogP contribution is -2.43. The van der Waals surface area contributed by atoms with Gasteiger partial charge in [-0.2, -0.15) is 31.6 Å². The average molecular weight is 536 g/mol. The zero-order valence-electron chi connectivity index (χ0n) is 20.5. The molecule has 4 nitrogen and oxygen atoms in total. The fraction of sp³-hybridized carbons (Fsp3) is 0.429. The number of nitriles is 1. The predicted octanol–water partition coefficient (Wildman–Crippen LogP) is 6.48. The van der Waals surface area contributed by atoms with Crippen LogP contribution in [0.4, 0.5) is 26.3 Å². The van der Waals surface area contributed by atoms with E-state index >= 15 is 0 Å². The van der Waals surface area contributed by atoms with Crippen molar-refractivity contribution in [1.29, 1.82) is 5.26 Å². The fourth-order valence-corrected chi connectivity index (χ4v) is 5.25. The molecule has 0 saturated heterocycles. The third-order valence-corrected chi connectivity index (χ3v) is 7.20. The van der Waals surface area contributed by atoms with E-state index < -0.39 is 29.4 Å². The number of halogens is 6. The highest BCUT2D eigenvalue weighted by atomic mass is 19.4. The molecule has 0 unspecified atom stereocenters. The van der Waals surface area contributed by atoms with Gasteiger partial charge in [0, 0.05) is 24.7 Å². The Morgan fingerprint density at radius 1 is 0.947 bits per heavy atom. The number of alkyl halides is 6. The first-order chi connectivity index (χ1) is 17.9. The van der Waals surface area contributed by atoms with Crippen molar-refractivity contribution in [2.75, 3.05) is 6.54 Å². The van der Waals surface area contributed by atoms with E-state index in [0.717, 1.165) is 50.9 Å². The van der Waals surface area contributed by atoms with E-state index in [-0.39, 0.29) is 17.7 Å². The molecule has 1 N–H and O–H groups in total. The van der Waals surface area contributed by atoms with E-state index in [4.69, 9.17) is 0 Å². The second-order valence-electron chi connectivity index (χ2n) is 9.86. The summed E-state index contributed by atoms with van der Waals surface area (Å²) in [6, 6.07) is 9.46. The summed E-state index contributed by atoms with van der Waals surface area (Å²) in [5, 5.41) is 12.0. The van der Waals surface area contributed by atoms with E-state index in [0.29, 0.717) is 36.6 Å². The SMILES string of the molecule is N#Cc1ccc2c(c1)CN(C1CCC(NC(=O)/C=C/c3cc(C(F)(F)F)cc(C(F)(F)F)c3)CC1)CCC2. The Kier molecular flexibility index (Phi) is 8.16. The number of nitrogens with one attached hydrogen (secondary N) is 1. The van der Waals surface area contributed by atoms with E-state index in [1.807, 2.05) is 18.2 Å². The zero-order chi connectivity index (χ0) is 27.5. The molecule has 0 radical (unpaired) electrons. The maximum Gasteiger partial charge on any atom is 0.416 e. The first kappa shape index (κ1) is 27.7. The van der Waals surface area contributed by atoms with Crippen LogP contribution in [0.1, 0.15) is 65.5 Å². The number of nitrogens with zero attached hydrogens (tertiary/aromatic N) is 2. The highest BCUT2D eigenvalue weighted by Gasteiger charge is 2.36. The van der Waals surface area contributed by atoms with Crippen molar-refractivity contribution in [3.8, 4) is 6.07 Å². The van der Waals surface area contributed by atoms with Gasteiger partial charge in [-0.3, -0.25) is 9.69 Å². The van der Waals surface area contributed by atoms with Crippen molar-refractivity contribution in [2.45, 2.75) is 69.5 Å². The second kappa shape index (κ2) is 11.2. The van der Waals surface area contributed by atoms with Gasteiger partial charge < -0.3 is 5.32 Å². The number of fused-ring (bicyclic) bond motifs is 1. The molecule has 10 heteroatoms. The largest absolute Gasteiger partial charge is 0.416 e. The molecule has 1 saturated carbocycles. The lowest BCUT2D eigenvalue weighted by Gasteiger charge is -2.36. The molecule has 1 aliphatic heterocycles. The quantitative estimate of drug-likeness (QED) is 0.360. The highest BCUT2D eigenvalue weighted by molar-refractivity contribution is 5.92. The van der Waals surface area contributed by atoms with Crippen LogP contribution in [0.2, 0.25) is 0 Å². The maximum absolute atomic E-state index is 13.1. The summed E-state index contributed by atoms with van der Waals surface area (Å²) in [6.07, 6.45) is -2.83. The Morgan fingerprint density at radius 2 is 1.61 bits per heavy atom. The number of aryl methyl sites for hydroxylation is 1. The van der Waals surface area contributed by atoms with Gasteiger partial charge in [-0.1, -0.05) is 6.07 Å². The van der Waals surface area contributed by atoms with Gasteiger partial charge in [0.15, 0.2) is 0 Å². The minimum absolute atomic E-state index is 0.0567. The number of rotatable bonds is 4. The lowest BCUT2D eigenvalue weighted by molar-refractivity contribution is -0.143. The first-order valence-corrected chi connectivity index (χ1v) is 12.5. The Morgan fingerprint density at radius 3 is 2.21 bits per heavy atom. The minimum atomic E-state index is -4.95. The molecule has 1 fully saturated rings. The van der Waals surface area contributed by atoms with Crippen LogP contribution in [0.15, 0.2) is 42.5 Å². The molecule has 38 heavy (non-hydrogen) atoms. The first-order valence-electron chi connectivity index (χ1n) is 12.5. The van der Waals surface area contributed by atoms with Gasteiger partial charge in [-0.25, -0.2) is 0 Å². The smallest absolute Gasteiger partial charge is 0.350 e. The van der Waals surface area contributed by atoms with Crippen LogP contribution in [-0.2, 0) is 30.1 Å². The molecule has 0 atom stereocenters. The van der Waals surface area contributed by atoms with Crippen LogP contribution in [0.3, 0.4) is 0 Å². The molecule has 4 rings (SSSR count). The molecule has 1 amide bonds. The lowest BCUT2D eigenvalue weighted by atomic mass is 9.89. The summed E-state index contributed by atoms with van der Waals surface area (Å²) in [6.45, 7) is 1.71. The molecule has 0 spiro atoms. The van der Waals surface area contributed by atoms with Crippen molar-refractivity contribution in [3.63, 3.8) is 0 Å². The minimum Gasteiger partial charge on any atom is -0.350 e. The number of carbonyl (C=O) groups excluding carboxylic acids is 1. The maximum atomic E-state index is 13.1. The average Bonchev–Trinajstić information content (AvgIpc) is 3.08. The molecule has 202 valence electrons. The number of hydrogen-bond acceptors (Lipinski definition) is 3. The van der Waals surface area contributed by atoms with Crippen molar-refractivity contribution >= 4 is 12.0 Å². The topological polar surface area (TPSA) is 56.1 Å². The number of amides is 1. The predicted molar refractivity (Wildman–Crippen MR) is 130 cm³/mol. The fourth-order valence-electron chi connectivity index (χ4n) is 5.25. The molecular weight excluding hydrogens is 508 g/mol. The van der Waals surface area contributed by atoms with E-state index in [2.05, 4.69) is 16.3 Å². The van der Waals surface area contributed by atoms with Gasteiger partial charge in [-0.05, 0) is 98.2 Å². The van der Waals surface area contributed by atoms with E-state index in [1.165, 1.54) is 11.1 Å². The van der Waals surface area contributed by atoms with Crippen molar-refractivity contribution < 1.29 is 31.1 Å². The Bertz CT molecular complexity index is 1200. The van der Waals surface area contributed by atoms with Gasteiger partial charge in [0.25, 0.3) is 0 Å². The molecule has 2 aliphatic rings. The molecule has 1 aliphatic carbocycles. The zero-order valence-corrected chi connectivity index (χ0v) is 20.5. The van der Waals surface area contributed by atoms with E-state index in [9.17, 15) is 36.4 Å². The van der Waals surface area contributed by atoms with Gasteiger partial charge in [0.1, 0.15) is 0 Å². The van der Waals surface area contributed by atoms with Gasteiger partial charge in [0.05, 0.1) is 22.8 Å². The molecular formula is C28H27F6N3O. The van der Waals surface area contributed by atoms with Crippen molar-refractivity contribution in [1.82, 2.24) is 10.2 Å². The van der Waals surface area contributed by atoms with Crippen LogP contribution in [0, 0.1) is 11.3 Å². The summed E-state index contributed by atoms with van der Waals surface area (Å²) < 4.78 is 78.3. The summed E-state index contributed by atoms with van der Waals surface area (Å²) >= 11 is 0. The third kappa shape index (κ3) is 6.95. The van der Waals surface area contributed by atoms with Gasteiger partial charge >= 0.3 is 12.4 Å². The van der Waals surface area contributed by atoms with Gasteiger partial charge in [-0.15, -0.1) is 0 Å². The van der Waals surface area contributed by atoms with Crippen LogP contribution in [0.25, 0.3) is 6.08 Å². The van der Waals surface area contributed by atoms with Crippen LogP contribution >= 0.6 is 0 Å². The highest BCUT2D eigenvalue weighted by Crippen LogP contribution is 2.36. The third-order valence-electron chi connectivity index (χ3n) is 7.20. The molecule has 1 heterocycles. The number of benzene rings is 2. The number of hydrogen-bond donors (Lipinski definition) is 1. The van der Waals surface area contributed by atoms with E-state index in [1.54, 1.807) is 0 Å². The number of carbonyl (C=O) groups is 1. The second-order valence-corrected chi connectivity index (χ2v) is 9.86. The molecule has 2 aromatic carbocycles. The molecule has 0 bridgehead atoms. The van der Waals surface area contributed by atoms with Crippen LogP contribution in [-0.4, -0.2) is 29.4 Å². The van der Waals surface area contributed by atoms with Crippen molar-refractivity contribution in [3.05, 3.63) is 75.9 Å². The molecule has 0 aromatic heterocycles. The summed E-state index contributed by atoms with van der Waals surface area (Å²) in [5.74, 6) is -0.563. The van der Waals surface area contributed by atoms with Crippen molar-refractivity contribution in [2.24, 2.45) is 0 Å². The van der Waals surface area contributed by atoms with Gasteiger partial charge in [0.2, 0.25) is 5.91 Å². The van der Waals surface area contributed by atoms with Crippen LogP contribution in [0.5, 0.6) is 0 Å². The standard InChI is InChI=1S/C28H27F6N3O/c29-27(30,31)22-13-18(14-23(15-22)28(32,33)34)4-10-26(38)36-24-6-8-25(9-7-24)37-11-1-2-20-5-3-19(16-35)12-21(20)17-37/h3-5,10,12-15,24-25H,1-2,6-9,11,17H2,(H,36,38)/b10-4+. The normalized spacial score (nSPS) is 21.0. The Labute approximate surface area is 216 Å². The Balaban J connectivity index is 1.34.